The Morgan fingerprint density at radius 1 is 0.304 bits per heavy atom. The van der Waals surface area contributed by atoms with Crippen LogP contribution in [0.15, 0.2) is 249 Å². The maximum atomic E-state index is 5.69. The lowest BCUT2D eigenvalue weighted by molar-refractivity contribution is 1.21. The zero-order chi connectivity index (χ0) is 45.4. The largest absolute Gasteiger partial charge is 0.311 e. The molecule has 12 aromatic rings. The van der Waals surface area contributed by atoms with Crippen LogP contribution in [-0.2, 0) is 0 Å². The predicted octanol–water partition coefficient (Wildman–Crippen LogP) is 14.7. The molecule has 11 aromatic carbocycles. The second-order valence-electron chi connectivity index (χ2n) is 18.2. The molecule has 69 heavy (non-hydrogen) atoms. The van der Waals surface area contributed by atoms with Crippen LogP contribution in [0.4, 0.5) is 34.1 Å². The van der Waals surface area contributed by atoms with Gasteiger partial charge in [0.15, 0.2) is 5.82 Å². The first kappa shape index (κ1) is 39.1. The first-order chi connectivity index (χ1) is 34.2. The third kappa shape index (κ3) is 6.47. The van der Waals surface area contributed by atoms with E-state index in [1.165, 1.54) is 49.3 Å². The number of hydrogen-bond acceptors (Lipinski definition) is 4. The zero-order valence-corrected chi connectivity index (χ0v) is 37.5. The molecule has 14 rings (SSSR count). The Morgan fingerprint density at radius 2 is 0.725 bits per heavy atom. The predicted molar refractivity (Wildman–Crippen MR) is 290 cm³/mol. The van der Waals surface area contributed by atoms with Crippen LogP contribution < -0.4 is 26.2 Å². The molecular formula is C64H41BN4. The van der Waals surface area contributed by atoms with Gasteiger partial charge in [-0.3, -0.25) is 0 Å². The van der Waals surface area contributed by atoms with Crippen LogP contribution in [-0.4, -0.2) is 16.7 Å². The van der Waals surface area contributed by atoms with E-state index in [4.69, 9.17) is 9.97 Å². The maximum absolute atomic E-state index is 5.69. The van der Waals surface area contributed by atoms with Gasteiger partial charge in [0.05, 0.1) is 11.2 Å². The van der Waals surface area contributed by atoms with E-state index < -0.39 is 0 Å². The van der Waals surface area contributed by atoms with E-state index in [-0.39, 0.29) is 6.71 Å². The van der Waals surface area contributed by atoms with E-state index in [0.29, 0.717) is 5.82 Å². The van der Waals surface area contributed by atoms with Gasteiger partial charge in [0.2, 0.25) is 0 Å². The van der Waals surface area contributed by atoms with Crippen molar-refractivity contribution in [2.45, 2.75) is 0 Å². The highest BCUT2D eigenvalue weighted by Crippen LogP contribution is 2.47. The first-order valence-corrected chi connectivity index (χ1v) is 23.7. The van der Waals surface area contributed by atoms with Crippen molar-refractivity contribution in [3.05, 3.63) is 249 Å². The fourth-order valence-electron chi connectivity index (χ4n) is 11.0. The van der Waals surface area contributed by atoms with Crippen molar-refractivity contribution in [2.75, 3.05) is 9.80 Å². The second-order valence-corrected chi connectivity index (χ2v) is 18.2. The minimum absolute atomic E-state index is 0.0617. The van der Waals surface area contributed by atoms with Crippen molar-refractivity contribution >= 4 is 89.7 Å². The summed E-state index contributed by atoms with van der Waals surface area (Å²) in [7, 11) is 0. The highest BCUT2D eigenvalue weighted by atomic mass is 15.2. The van der Waals surface area contributed by atoms with Gasteiger partial charge in [0.25, 0.3) is 6.71 Å². The van der Waals surface area contributed by atoms with E-state index in [1.807, 2.05) is 0 Å². The van der Waals surface area contributed by atoms with Crippen LogP contribution in [0.5, 0.6) is 0 Å². The molecule has 0 unspecified atom stereocenters. The molecule has 0 atom stereocenters. The highest BCUT2D eigenvalue weighted by molar-refractivity contribution is 7.00. The van der Waals surface area contributed by atoms with Crippen molar-refractivity contribution in [1.82, 2.24) is 9.97 Å². The maximum Gasteiger partial charge on any atom is 0.252 e. The van der Waals surface area contributed by atoms with E-state index in [1.54, 1.807) is 0 Å². The van der Waals surface area contributed by atoms with Crippen LogP contribution in [0.25, 0.3) is 77.3 Å². The van der Waals surface area contributed by atoms with E-state index >= 15 is 0 Å². The number of fused-ring (bicyclic) bond motifs is 7. The molecule has 320 valence electrons. The molecule has 0 amide bonds. The number of anilines is 6. The topological polar surface area (TPSA) is 32.3 Å². The summed E-state index contributed by atoms with van der Waals surface area (Å²) in [4.78, 5) is 16.1. The molecule has 2 aliphatic rings. The summed E-state index contributed by atoms with van der Waals surface area (Å²) in [5.41, 5.74) is 18.9. The SMILES string of the molecule is c1ccc(-c2cc(-c3ccccc3)cc(-c3nc(-c4cc5c6c(c4)N(c4ccccc4)c4cc7ccccc7cc4B6c4cc6ccccc6cc4N5c4ccccc4)nc4ccccc34)c2)cc1. The lowest BCUT2D eigenvalue weighted by atomic mass is 9.33. The van der Waals surface area contributed by atoms with Gasteiger partial charge in [-0.05, 0) is 133 Å². The molecule has 2 aliphatic heterocycles. The average Bonchev–Trinajstić information content (AvgIpc) is 3.42. The van der Waals surface area contributed by atoms with Crippen molar-refractivity contribution in [3.63, 3.8) is 0 Å². The summed E-state index contributed by atoms with van der Waals surface area (Å²) >= 11 is 0. The summed E-state index contributed by atoms with van der Waals surface area (Å²) in [6.07, 6.45) is 0. The van der Waals surface area contributed by atoms with Gasteiger partial charge in [-0.25, -0.2) is 9.97 Å². The van der Waals surface area contributed by atoms with Gasteiger partial charge in [-0.15, -0.1) is 0 Å². The fourth-order valence-corrected chi connectivity index (χ4v) is 11.0. The molecule has 0 spiro atoms. The lowest BCUT2D eigenvalue weighted by Crippen LogP contribution is -2.61. The van der Waals surface area contributed by atoms with Gasteiger partial charge in [0, 0.05) is 50.6 Å². The van der Waals surface area contributed by atoms with E-state index in [2.05, 4.69) is 259 Å². The molecular weight excluding hydrogens is 836 g/mol. The summed E-state index contributed by atoms with van der Waals surface area (Å²) in [6.45, 7) is -0.0617. The molecule has 0 bridgehead atoms. The van der Waals surface area contributed by atoms with Gasteiger partial charge < -0.3 is 9.80 Å². The van der Waals surface area contributed by atoms with E-state index in [0.717, 1.165) is 72.7 Å². The van der Waals surface area contributed by atoms with Gasteiger partial charge in [-0.2, -0.15) is 0 Å². The van der Waals surface area contributed by atoms with Crippen molar-refractivity contribution in [2.24, 2.45) is 0 Å². The Balaban J connectivity index is 1.08. The Hall–Kier alpha value is -9.06. The van der Waals surface area contributed by atoms with Crippen LogP contribution in [0.2, 0.25) is 0 Å². The molecule has 0 fully saturated rings. The van der Waals surface area contributed by atoms with Crippen molar-refractivity contribution < 1.29 is 0 Å². The quantitative estimate of drug-likeness (QED) is 0.156. The second kappa shape index (κ2) is 15.8. The minimum Gasteiger partial charge on any atom is -0.311 e. The van der Waals surface area contributed by atoms with Crippen LogP contribution >= 0.6 is 0 Å². The van der Waals surface area contributed by atoms with Gasteiger partial charge >= 0.3 is 0 Å². The Kier molecular flexibility index (Phi) is 8.96. The van der Waals surface area contributed by atoms with Gasteiger partial charge in [-0.1, -0.05) is 176 Å². The lowest BCUT2D eigenvalue weighted by Gasteiger charge is -2.44. The molecule has 3 heterocycles. The smallest absolute Gasteiger partial charge is 0.252 e. The highest BCUT2D eigenvalue weighted by Gasteiger charge is 2.44. The third-order valence-corrected chi connectivity index (χ3v) is 14.1. The van der Waals surface area contributed by atoms with Crippen LogP contribution in [0.3, 0.4) is 0 Å². The first-order valence-electron chi connectivity index (χ1n) is 23.7. The Labute approximate surface area is 401 Å². The molecule has 1 aromatic heterocycles. The van der Waals surface area contributed by atoms with E-state index in [9.17, 15) is 0 Å². The molecule has 5 heteroatoms. The fraction of sp³-hybridized carbons (Fsp3) is 0. The molecule has 0 saturated carbocycles. The van der Waals surface area contributed by atoms with Crippen molar-refractivity contribution in [1.29, 1.82) is 0 Å². The van der Waals surface area contributed by atoms with Crippen LogP contribution in [0.1, 0.15) is 0 Å². The number of benzene rings is 11. The zero-order valence-electron chi connectivity index (χ0n) is 37.5. The van der Waals surface area contributed by atoms with Gasteiger partial charge in [0.1, 0.15) is 0 Å². The molecule has 4 nitrogen and oxygen atoms in total. The standard InChI is InChI=1S/C64H41BN4/c1-5-19-42(20-6-1)48-33-49(43-21-7-2-8-22-43)35-50(34-48)63-54-31-17-18-32-57(54)66-64(67-63)51-40-60-62-61(41-51)69(53-29-11-4-12-30-53)59-39-47-26-16-14-24-45(47)37-56(59)65(62)55-36-44-23-13-15-25-46(44)38-58(55)68(60)52-27-9-3-10-28-52/h1-41H. The number of para-hydroxylation sites is 3. The molecule has 0 radical (unpaired) electrons. The summed E-state index contributed by atoms with van der Waals surface area (Å²) in [5, 5.41) is 5.86. The Morgan fingerprint density at radius 3 is 1.23 bits per heavy atom. The number of nitrogens with zero attached hydrogens (tertiary/aromatic N) is 4. The van der Waals surface area contributed by atoms with Crippen LogP contribution in [0, 0.1) is 0 Å². The number of rotatable bonds is 6. The number of aromatic nitrogens is 2. The third-order valence-electron chi connectivity index (χ3n) is 14.1. The summed E-state index contributed by atoms with van der Waals surface area (Å²) in [5.74, 6) is 0.667. The Bertz CT molecular complexity index is 3760. The molecule has 0 N–H and O–H groups in total. The normalized spacial score (nSPS) is 12.6. The number of hydrogen-bond donors (Lipinski definition) is 0. The molecule has 0 aliphatic carbocycles. The van der Waals surface area contributed by atoms with Crippen molar-refractivity contribution in [3.8, 4) is 44.9 Å². The monoisotopic (exact) mass is 876 g/mol. The average molecular weight is 877 g/mol. The minimum atomic E-state index is -0.0617. The summed E-state index contributed by atoms with van der Waals surface area (Å²) < 4.78 is 0. The molecule has 0 saturated heterocycles. The summed E-state index contributed by atoms with van der Waals surface area (Å²) in [6, 6.07) is 90.2.